The fourth-order valence-corrected chi connectivity index (χ4v) is 3.86. The van der Waals surface area contributed by atoms with Crippen molar-refractivity contribution in [3.63, 3.8) is 0 Å². The molecule has 0 saturated carbocycles. The summed E-state index contributed by atoms with van der Waals surface area (Å²) in [5, 5.41) is 17.1. The predicted molar refractivity (Wildman–Crippen MR) is 106 cm³/mol. The Morgan fingerprint density at radius 1 is 1.11 bits per heavy atom. The first-order valence-electron chi connectivity index (χ1n) is 9.11. The van der Waals surface area contributed by atoms with Gasteiger partial charge in [0.15, 0.2) is 0 Å². The number of hydrogen-bond acceptors (Lipinski definition) is 4. The van der Waals surface area contributed by atoms with Crippen molar-refractivity contribution in [1.29, 1.82) is 0 Å². The molecule has 4 heterocycles. The highest BCUT2D eigenvalue weighted by atomic mass is 16.4. The van der Waals surface area contributed by atoms with Crippen molar-refractivity contribution in [1.82, 2.24) is 19.7 Å². The Kier molecular flexibility index (Phi) is 3.79. The summed E-state index contributed by atoms with van der Waals surface area (Å²) in [6.45, 7) is 0.908. The first-order valence-corrected chi connectivity index (χ1v) is 9.11. The molecular formula is C21H17N5O2. The molecule has 7 heteroatoms. The van der Waals surface area contributed by atoms with E-state index < -0.39 is 6.09 Å². The number of anilines is 1. The fraction of sp³-hybridized carbons (Fsp3) is 0.143. The van der Waals surface area contributed by atoms with E-state index in [1.807, 2.05) is 30.3 Å². The molecule has 0 bridgehead atoms. The van der Waals surface area contributed by atoms with Gasteiger partial charge < -0.3 is 5.11 Å². The van der Waals surface area contributed by atoms with Crippen LogP contribution >= 0.6 is 0 Å². The number of carbonyl (C=O) groups is 1. The molecule has 5 rings (SSSR count). The summed E-state index contributed by atoms with van der Waals surface area (Å²) in [4.78, 5) is 19.9. The first kappa shape index (κ1) is 16.4. The van der Waals surface area contributed by atoms with Crippen LogP contribution in [0.1, 0.15) is 12.1 Å². The number of rotatable bonds is 3. The fourth-order valence-electron chi connectivity index (χ4n) is 3.86. The van der Waals surface area contributed by atoms with Crippen LogP contribution in [-0.4, -0.2) is 30.9 Å². The van der Waals surface area contributed by atoms with Gasteiger partial charge in [0.05, 0.1) is 11.2 Å². The number of benzene rings is 1. The summed E-state index contributed by atoms with van der Waals surface area (Å²) >= 11 is 0. The van der Waals surface area contributed by atoms with Crippen molar-refractivity contribution < 1.29 is 9.90 Å². The minimum atomic E-state index is -1.10. The lowest BCUT2D eigenvalue weighted by Crippen LogP contribution is -2.06. The summed E-state index contributed by atoms with van der Waals surface area (Å²) < 4.78 is 2.08. The van der Waals surface area contributed by atoms with Crippen LogP contribution in [0.2, 0.25) is 0 Å². The number of hydrogen-bond donors (Lipinski definition) is 2. The van der Waals surface area contributed by atoms with Gasteiger partial charge in [0.2, 0.25) is 0 Å². The van der Waals surface area contributed by atoms with Crippen LogP contribution < -0.4 is 5.32 Å². The summed E-state index contributed by atoms with van der Waals surface area (Å²) in [5.74, 6) is 0. The number of pyridine rings is 2. The van der Waals surface area contributed by atoms with Gasteiger partial charge in [0.25, 0.3) is 0 Å². The highest BCUT2D eigenvalue weighted by Gasteiger charge is 2.25. The Labute approximate surface area is 160 Å². The lowest BCUT2D eigenvalue weighted by atomic mass is 9.96. The number of nitrogens with one attached hydrogen (secondary N) is 1. The molecule has 138 valence electrons. The maximum absolute atomic E-state index is 10.9. The minimum Gasteiger partial charge on any atom is -0.465 e. The van der Waals surface area contributed by atoms with Gasteiger partial charge in [-0.05, 0) is 48.7 Å². The second kappa shape index (κ2) is 6.45. The summed E-state index contributed by atoms with van der Waals surface area (Å²) in [5.41, 5.74) is 6.27. The predicted octanol–water partition coefficient (Wildman–Crippen LogP) is 4.20. The van der Waals surface area contributed by atoms with E-state index in [1.165, 1.54) is 5.69 Å². The molecular weight excluding hydrogens is 354 g/mol. The lowest BCUT2D eigenvalue weighted by Gasteiger charge is -2.10. The number of fused-ring (bicyclic) bond motifs is 2. The quantitative estimate of drug-likeness (QED) is 0.563. The van der Waals surface area contributed by atoms with E-state index in [4.69, 9.17) is 10.2 Å². The molecule has 1 amide bonds. The van der Waals surface area contributed by atoms with E-state index in [-0.39, 0.29) is 0 Å². The molecule has 0 fully saturated rings. The van der Waals surface area contributed by atoms with Crippen LogP contribution in [0.3, 0.4) is 0 Å². The van der Waals surface area contributed by atoms with Crippen LogP contribution in [0, 0.1) is 0 Å². The second-order valence-corrected chi connectivity index (χ2v) is 6.73. The molecule has 0 aliphatic carbocycles. The highest BCUT2D eigenvalue weighted by Crippen LogP contribution is 2.39. The molecule has 1 aliphatic heterocycles. The molecule has 0 saturated heterocycles. The zero-order valence-electron chi connectivity index (χ0n) is 15.0. The van der Waals surface area contributed by atoms with Crippen molar-refractivity contribution in [3.05, 3.63) is 60.6 Å². The number of aromatic nitrogens is 4. The van der Waals surface area contributed by atoms with Crippen molar-refractivity contribution >= 4 is 22.7 Å². The largest absolute Gasteiger partial charge is 0.465 e. The SMILES string of the molecule is O=C(O)Nc1ccc2c(-c3c(-c4ccccn4)nn4c3CCC4)ccnc2c1. The molecule has 4 aromatic rings. The molecule has 0 spiro atoms. The Hall–Kier alpha value is -3.74. The number of carboxylic acid groups (broad SMARTS) is 1. The Balaban J connectivity index is 1.73. The van der Waals surface area contributed by atoms with Gasteiger partial charge in [-0.15, -0.1) is 0 Å². The van der Waals surface area contributed by atoms with Crippen LogP contribution in [0.5, 0.6) is 0 Å². The smallest absolute Gasteiger partial charge is 0.409 e. The molecule has 7 nitrogen and oxygen atoms in total. The Morgan fingerprint density at radius 2 is 2.04 bits per heavy atom. The van der Waals surface area contributed by atoms with Gasteiger partial charge in [0.1, 0.15) is 5.69 Å². The van der Waals surface area contributed by atoms with Crippen LogP contribution in [0.25, 0.3) is 33.4 Å². The van der Waals surface area contributed by atoms with Gasteiger partial charge in [0, 0.05) is 41.3 Å². The highest BCUT2D eigenvalue weighted by molar-refractivity contribution is 6.00. The third-order valence-electron chi connectivity index (χ3n) is 5.01. The van der Waals surface area contributed by atoms with Gasteiger partial charge in [-0.2, -0.15) is 5.10 Å². The maximum Gasteiger partial charge on any atom is 0.409 e. The van der Waals surface area contributed by atoms with Crippen molar-refractivity contribution in [2.45, 2.75) is 19.4 Å². The molecule has 1 aromatic carbocycles. The van der Waals surface area contributed by atoms with E-state index in [9.17, 15) is 4.79 Å². The van der Waals surface area contributed by atoms with E-state index >= 15 is 0 Å². The van der Waals surface area contributed by atoms with E-state index in [2.05, 4.69) is 20.0 Å². The van der Waals surface area contributed by atoms with E-state index in [1.54, 1.807) is 24.5 Å². The summed E-state index contributed by atoms with van der Waals surface area (Å²) in [6.07, 6.45) is 4.48. The number of nitrogens with zero attached hydrogens (tertiary/aromatic N) is 4. The zero-order chi connectivity index (χ0) is 19.1. The van der Waals surface area contributed by atoms with Crippen LogP contribution in [0.4, 0.5) is 10.5 Å². The average Bonchev–Trinajstić information content (AvgIpc) is 3.29. The van der Waals surface area contributed by atoms with Gasteiger partial charge in [-0.25, -0.2) is 4.79 Å². The Morgan fingerprint density at radius 3 is 2.86 bits per heavy atom. The standard InChI is InChI=1S/C21H17N5O2/c27-21(28)24-13-6-7-14-15(8-10-23-17(14)12-13)19-18-5-3-11-26(18)25-20(19)16-4-1-2-9-22-16/h1-2,4,6-10,12,24H,3,5,11H2,(H,27,28). The average molecular weight is 371 g/mol. The van der Waals surface area contributed by atoms with E-state index in [0.717, 1.165) is 52.8 Å². The van der Waals surface area contributed by atoms with Crippen LogP contribution in [-0.2, 0) is 13.0 Å². The third-order valence-corrected chi connectivity index (χ3v) is 5.01. The maximum atomic E-state index is 10.9. The van der Waals surface area contributed by atoms with Crippen molar-refractivity contribution in [2.75, 3.05) is 5.32 Å². The van der Waals surface area contributed by atoms with Gasteiger partial charge in [-0.1, -0.05) is 12.1 Å². The topological polar surface area (TPSA) is 92.9 Å². The molecule has 0 unspecified atom stereocenters. The van der Waals surface area contributed by atoms with Crippen LogP contribution in [0.15, 0.2) is 54.9 Å². The minimum absolute atomic E-state index is 0.495. The molecule has 0 radical (unpaired) electrons. The molecule has 28 heavy (non-hydrogen) atoms. The number of aryl methyl sites for hydroxylation is 1. The van der Waals surface area contributed by atoms with Gasteiger partial charge in [-0.3, -0.25) is 20.0 Å². The molecule has 3 aromatic heterocycles. The molecule has 1 aliphatic rings. The summed E-state index contributed by atoms with van der Waals surface area (Å²) in [6, 6.07) is 13.2. The zero-order valence-corrected chi connectivity index (χ0v) is 15.0. The monoisotopic (exact) mass is 371 g/mol. The van der Waals surface area contributed by atoms with Gasteiger partial charge >= 0.3 is 6.09 Å². The van der Waals surface area contributed by atoms with Crippen molar-refractivity contribution in [2.24, 2.45) is 0 Å². The summed E-state index contributed by atoms with van der Waals surface area (Å²) in [7, 11) is 0. The van der Waals surface area contributed by atoms with Crippen molar-refractivity contribution in [3.8, 4) is 22.5 Å². The lowest BCUT2D eigenvalue weighted by molar-refractivity contribution is 0.210. The number of amides is 1. The normalized spacial score (nSPS) is 12.9. The van der Waals surface area contributed by atoms with E-state index in [0.29, 0.717) is 5.69 Å². The third kappa shape index (κ3) is 2.68. The second-order valence-electron chi connectivity index (χ2n) is 6.73. The molecule has 0 atom stereocenters. The first-order chi connectivity index (χ1) is 13.7. The Bertz CT molecular complexity index is 1200. The molecule has 2 N–H and O–H groups in total.